The second-order valence-corrected chi connectivity index (χ2v) is 9.70. The summed E-state index contributed by atoms with van der Waals surface area (Å²) in [6.07, 6.45) is 6.97. The summed E-state index contributed by atoms with van der Waals surface area (Å²) in [4.78, 5) is 12.3. The Labute approximate surface area is 179 Å². The molecule has 0 unspecified atom stereocenters. The number of ether oxygens (including phenoxy) is 1. The van der Waals surface area contributed by atoms with E-state index in [4.69, 9.17) is 4.74 Å². The molecule has 160 valence electrons. The molecule has 2 aromatic rings. The van der Waals surface area contributed by atoms with Crippen LogP contribution in [0.25, 0.3) is 6.08 Å². The van der Waals surface area contributed by atoms with Crippen molar-refractivity contribution in [3.05, 3.63) is 70.8 Å². The van der Waals surface area contributed by atoms with E-state index in [0.717, 1.165) is 47.9 Å². The number of hydrogen-bond donors (Lipinski definition) is 0. The van der Waals surface area contributed by atoms with Crippen LogP contribution in [0.1, 0.15) is 47.9 Å². The topological polar surface area (TPSA) is 63.7 Å². The third-order valence-corrected chi connectivity index (χ3v) is 7.28. The molecule has 0 amide bonds. The van der Waals surface area contributed by atoms with Crippen LogP contribution in [0, 0.1) is 13.8 Å². The number of carbonyl (C=O) groups is 1. The lowest BCUT2D eigenvalue weighted by molar-refractivity contribution is -0.138. The fourth-order valence-corrected chi connectivity index (χ4v) is 5.02. The van der Waals surface area contributed by atoms with E-state index < -0.39 is 16.0 Å². The van der Waals surface area contributed by atoms with E-state index in [-0.39, 0.29) is 6.61 Å². The number of benzene rings is 2. The van der Waals surface area contributed by atoms with Gasteiger partial charge in [-0.2, -0.15) is 4.31 Å². The number of hydrogen-bond acceptors (Lipinski definition) is 4. The van der Waals surface area contributed by atoms with Gasteiger partial charge in [-0.25, -0.2) is 13.2 Å². The van der Waals surface area contributed by atoms with Crippen molar-refractivity contribution in [3.8, 4) is 0 Å². The Hall–Kier alpha value is -2.44. The first-order chi connectivity index (χ1) is 14.4. The minimum absolute atomic E-state index is 0.226. The van der Waals surface area contributed by atoms with Gasteiger partial charge in [0.1, 0.15) is 6.61 Å². The van der Waals surface area contributed by atoms with Crippen LogP contribution in [0.5, 0.6) is 0 Å². The number of esters is 1. The minimum atomic E-state index is -3.46. The summed E-state index contributed by atoms with van der Waals surface area (Å²) in [5, 5.41) is 0. The molecule has 0 N–H and O–H groups in total. The number of sulfonamides is 1. The molecule has 0 saturated carbocycles. The maximum atomic E-state index is 12.8. The SMILES string of the molecule is Cc1ccc(C)c(COC(=O)/C=C/c2ccc(S(=O)(=O)N3CCCCCC3)cc2)c1. The van der Waals surface area contributed by atoms with Gasteiger partial charge in [-0.3, -0.25) is 0 Å². The molecule has 2 aromatic carbocycles. The lowest BCUT2D eigenvalue weighted by atomic mass is 10.1. The molecule has 6 heteroatoms. The number of nitrogens with zero attached hydrogens (tertiary/aromatic N) is 1. The molecular weight excluding hydrogens is 398 g/mol. The van der Waals surface area contributed by atoms with Gasteiger partial charge in [0.05, 0.1) is 4.90 Å². The number of carbonyl (C=O) groups excluding carboxylic acids is 1. The highest BCUT2D eigenvalue weighted by Gasteiger charge is 2.24. The molecule has 1 saturated heterocycles. The van der Waals surface area contributed by atoms with Crippen LogP contribution in [0.15, 0.2) is 53.4 Å². The van der Waals surface area contributed by atoms with E-state index >= 15 is 0 Å². The second-order valence-electron chi connectivity index (χ2n) is 7.76. The van der Waals surface area contributed by atoms with E-state index in [1.807, 2.05) is 32.0 Å². The third-order valence-electron chi connectivity index (χ3n) is 5.37. The molecule has 0 spiro atoms. The van der Waals surface area contributed by atoms with Crippen molar-refractivity contribution in [3.63, 3.8) is 0 Å². The van der Waals surface area contributed by atoms with Gasteiger partial charge >= 0.3 is 5.97 Å². The van der Waals surface area contributed by atoms with Crippen LogP contribution in [0.4, 0.5) is 0 Å². The fourth-order valence-electron chi connectivity index (χ4n) is 3.50. The van der Waals surface area contributed by atoms with E-state index in [1.54, 1.807) is 34.6 Å². The first-order valence-corrected chi connectivity index (χ1v) is 11.8. The highest BCUT2D eigenvalue weighted by atomic mass is 32.2. The largest absolute Gasteiger partial charge is 0.458 e. The smallest absolute Gasteiger partial charge is 0.331 e. The third kappa shape index (κ3) is 5.80. The molecule has 0 atom stereocenters. The molecule has 1 aliphatic heterocycles. The summed E-state index contributed by atoms with van der Waals surface area (Å²) in [6, 6.07) is 12.7. The molecule has 1 fully saturated rings. The molecule has 1 aliphatic rings. The molecule has 0 radical (unpaired) electrons. The lowest BCUT2D eigenvalue weighted by Crippen LogP contribution is -2.31. The summed E-state index contributed by atoms with van der Waals surface area (Å²) in [6.45, 7) is 5.37. The van der Waals surface area contributed by atoms with Gasteiger partial charge in [-0.05, 0) is 61.6 Å². The van der Waals surface area contributed by atoms with Gasteiger partial charge < -0.3 is 4.74 Å². The molecule has 3 rings (SSSR count). The Bertz CT molecular complexity index is 1000. The Morgan fingerprint density at radius 2 is 1.67 bits per heavy atom. The maximum absolute atomic E-state index is 12.8. The summed E-state index contributed by atoms with van der Waals surface area (Å²) >= 11 is 0. The quantitative estimate of drug-likeness (QED) is 0.498. The molecule has 0 bridgehead atoms. The normalized spacial score (nSPS) is 15.8. The Kier molecular flexibility index (Phi) is 7.45. The molecule has 0 aliphatic carbocycles. The van der Waals surface area contributed by atoms with Crippen molar-refractivity contribution in [2.24, 2.45) is 0 Å². The zero-order valence-corrected chi connectivity index (χ0v) is 18.5. The van der Waals surface area contributed by atoms with E-state index in [9.17, 15) is 13.2 Å². The molecular formula is C24H29NO4S. The Morgan fingerprint density at radius 1 is 1.00 bits per heavy atom. The maximum Gasteiger partial charge on any atom is 0.331 e. The molecule has 30 heavy (non-hydrogen) atoms. The van der Waals surface area contributed by atoms with Crippen LogP contribution in [-0.4, -0.2) is 31.8 Å². The van der Waals surface area contributed by atoms with Crippen molar-refractivity contribution >= 4 is 22.1 Å². The van der Waals surface area contributed by atoms with Crippen molar-refractivity contribution in [2.75, 3.05) is 13.1 Å². The minimum Gasteiger partial charge on any atom is -0.458 e. The van der Waals surface area contributed by atoms with E-state index in [1.165, 1.54) is 6.08 Å². The number of rotatable bonds is 6. The predicted octanol–water partition coefficient (Wildman–Crippen LogP) is 4.62. The van der Waals surface area contributed by atoms with Crippen LogP contribution in [0.3, 0.4) is 0 Å². The van der Waals surface area contributed by atoms with Crippen LogP contribution in [0.2, 0.25) is 0 Å². The highest BCUT2D eigenvalue weighted by molar-refractivity contribution is 7.89. The summed E-state index contributed by atoms with van der Waals surface area (Å²) in [7, 11) is -3.46. The van der Waals surface area contributed by atoms with Gasteiger partial charge in [-0.15, -0.1) is 0 Å². The average molecular weight is 428 g/mol. The van der Waals surface area contributed by atoms with Crippen LogP contribution >= 0.6 is 0 Å². The highest BCUT2D eigenvalue weighted by Crippen LogP contribution is 2.21. The summed E-state index contributed by atoms with van der Waals surface area (Å²) < 4.78 is 32.6. The number of aryl methyl sites for hydroxylation is 2. The van der Waals surface area contributed by atoms with Crippen LogP contribution < -0.4 is 0 Å². The van der Waals surface area contributed by atoms with E-state index in [0.29, 0.717) is 18.0 Å². The zero-order valence-electron chi connectivity index (χ0n) is 17.6. The second kappa shape index (κ2) is 10.0. The van der Waals surface area contributed by atoms with Crippen molar-refractivity contribution in [1.82, 2.24) is 4.31 Å². The van der Waals surface area contributed by atoms with Crippen LogP contribution in [-0.2, 0) is 26.2 Å². The predicted molar refractivity (Wildman–Crippen MR) is 118 cm³/mol. The summed E-state index contributed by atoms with van der Waals surface area (Å²) in [5.41, 5.74) is 3.93. The first-order valence-electron chi connectivity index (χ1n) is 10.4. The van der Waals surface area contributed by atoms with Crippen molar-refractivity contribution in [2.45, 2.75) is 51.0 Å². The van der Waals surface area contributed by atoms with E-state index in [2.05, 4.69) is 0 Å². The summed E-state index contributed by atoms with van der Waals surface area (Å²) in [5.74, 6) is -0.433. The van der Waals surface area contributed by atoms with Gasteiger partial charge in [0.25, 0.3) is 0 Å². The van der Waals surface area contributed by atoms with Gasteiger partial charge in [0.15, 0.2) is 0 Å². The van der Waals surface area contributed by atoms with Gasteiger partial charge in [0, 0.05) is 19.2 Å². The molecule has 1 heterocycles. The van der Waals surface area contributed by atoms with Gasteiger partial charge in [0.2, 0.25) is 10.0 Å². The average Bonchev–Trinajstić information content (AvgIpc) is 3.03. The molecule has 0 aromatic heterocycles. The standard InChI is InChI=1S/C24H29NO4S/c1-19-7-8-20(2)22(17-19)18-29-24(26)14-11-21-9-12-23(13-10-21)30(27,28)25-15-5-3-4-6-16-25/h7-14,17H,3-6,15-16,18H2,1-2H3/b14-11+. The fraction of sp³-hybridized carbons (Fsp3) is 0.375. The molecule has 5 nitrogen and oxygen atoms in total. The first kappa shape index (κ1) is 22.2. The van der Waals surface area contributed by atoms with Crippen molar-refractivity contribution in [1.29, 1.82) is 0 Å². The Morgan fingerprint density at radius 3 is 2.33 bits per heavy atom. The van der Waals surface area contributed by atoms with Crippen molar-refractivity contribution < 1.29 is 17.9 Å². The Balaban J connectivity index is 1.60. The zero-order chi connectivity index (χ0) is 21.6. The van der Waals surface area contributed by atoms with Gasteiger partial charge in [-0.1, -0.05) is 48.7 Å². The monoisotopic (exact) mass is 427 g/mol. The lowest BCUT2D eigenvalue weighted by Gasteiger charge is -2.19.